The lowest BCUT2D eigenvalue weighted by atomic mass is 9.68. The van der Waals surface area contributed by atoms with Gasteiger partial charge in [-0.3, -0.25) is 0 Å². The van der Waals surface area contributed by atoms with Gasteiger partial charge in [0.15, 0.2) is 17.9 Å². The van der Waals surface area contributed by atoms with Crippen molar-refractivity contribution in [1.29, 1.82) is 0 Å². The third kappa shape index (κ3) is 6.57. The molecule has 0 radical (unpaired) electrons. The molecular weight excluding hydrogens is 569 g/mol. The number of rotatable bonds is 13. The van der Waals surface area contributed by atoms with E-state index in [1.165, 1.54) is 76.0 Å². The molecule has 0 N–H and O–H groups in total. The molecule has 3 aromatic carbocycles. The van der Waals surface area contributed by atoms with E-state index < -0.39 is 0 Å². The quantitative estimate of drug-likeness (QED) is 0.0912. The van der Waals surface area contributed by atoms with Crippen LogP contribution in [-0.2, 0) is 18.5 Å². The summed E-state index contributed by atoms with van der Waals surface area (Å²) in [5.41, 5.74) is 12.4. The van der Waals surface area contributed by atoms with E-state index in [4.69, 9.17) is 0 Å². The largest absolute Gasteiger partial charge is 0.216 e. The number of benzene rings is 3. The van der Waals surface area contributed by atoms with Crippen LogP contribution in [0.25, 0.3) is 33.6 Å². The Bertz CT molecular complexity index is 1780. The van der Waals surface area contributed by atoms with Crippen LogP contribution < -0.4 is 9.13 Å². The topological polar surface area (TPSA) is 7.76 Å². The second-order valence-electron chi connectivity index (χ2n) is 14.0. The fraction of sp³-hybridized carbons (Fsp3) is 0.378. The number of aromatic nitrogens is 2. The van der Waals surface area contributed by atoms with Crippen LogP contribution in [-0.4, -0.2) is 0 Å². The van der Waals surface area contributed by atoms with Gasteiger partial charge < -0.3 is 0 Å². The highest BCUT2D eigenvalue weighted by Crippen LogP contribution is 2.47. The van der Waals surface area contributed by atoms with Gasteiger partial charge >= 0.3 is 0 Å². The number of fused-ring (bicyclic) bond motifs is 3. The molecule has 2 nitrogen and oxygen atoms in total. The minimum atomic E-state index is 0.0263. The number of nitrogens with zero attached hydrogens (tertiary/aromatic N) is 2. The highest BCUT2D eigenvalue weighted by Gasteiger charge is 2.52. The molecule has 6 rings (SSSR count). The van der Waals surface area contributed by atoms with E-state index in [1.807, 2.05) is 0 Å². The molecular formula is C45H54N2+2. The summed E-state index contributed by atoms with van der Waals surface area (Å²) in [6, 6.07) is 38.4. The summed E-state index contributed by atoms with van der Waals surface area (Å²) in [7, 11) is 0. The summed E-state index contributed by atoms with van der Waals surface area (Å²) in [4.78, 5) is 0. The maximum Gasteiger partial charge on any atom is 0.216 e. The summed E-state index contributed by atoms with van der Waals surface area (Å²) in [6.07, 6.45) is 14.4. The van der Waals surface area contributed by atoms with E-state index in [2.05, 4.69) is 159 Å². The number of unbranched alkanes of at least 4 members (excludes halogenated alkanes) is 2. The van der Waals surface area contributed by atoms with Crippen LogP contribution in [0.1, 0.15) is 95.2 Å². The smallest absolute Gasteiger partial charge is 0.198 e. The monoisotopic (exact) mass is 622 g/mol. The Morgan fingerprint density at radius 3 is 2.19 bits per heavy atom. The number of aryl methyl sites for hydroxylation is 2. The summed E-state index contributed by atoms with van der Waals surface area (Å²) < 4.78 is 5.24. The molecule has 0 bridgehead atoms. The zero-order valence-electron chi connectivity index (χ0n) is 29.4. The van der Waals surface area contributed by atoms with E-state index in [1.54, 1.807) is 0 Å². The van der Waals surface area contributed by atoms with E-state index in [9.17, 15) is 0 Å². The molecule has 0 spiro atoms. The van der Waals surface area contributed by atoms with Gasteiger partial charge in [0.1, 0.15) is 6.54 Å². The van der Waals surface area contributed by atoms with Crippen molar-refractivity contribution in [2.24, 2.45) is 5.92 Å². The molecule has 0 saturated heterocycles. The predicted molar refractivity (Wildman–Crippen MR) is 197 cm³/mol. The molecule has 3 heterocycles. The minimum Gasteiger partial charge on any atom is -0.198 e. The molecule has 2 aromatic heterocycles. The van der Waals surface area contributed by atoms with E-state index in [0.29, 0.717) is 11.8 Å². The van der Waals surface area contributed by atoms with Crippen molar-refractivity contribution in [2.75, 3.05) is 0 Å². The first-order valence-corrected chi connectivity index (χ1v) is 18.3. The van der Waals surface area contributed by atoms with Gasteiger partial charge in [-0.2, -0.15) is 9.13 Å². The van der Waals surface area contributed by atoms with Gasteiger partial charge in [0, 0.05) is 48.6 Å². The lowest BCUT2D eigenvalue weighted by Gasteiger charge is -2.40. The fourth-order valence-electron chi connectivity index (χ4n) is 8.49. The van der Waals surface area contributed by atoms with Gasteiger partial charge in [0.05, 0.1) is 11.5 Å². The predicted octanol–water partition coefficient (Wildman–Crippen LogP) is 11.0. The zero-order chi connectivity index (χ0) is 32.8. The standard InChI is InChI=1S/C45H54N2/c1-6-9-11-19-34(4)32-38-23-18-29-47-44(38)41-26-17-16-25-40(41)42(45(47,7-2)8-3)28-31-46-30-27-37(36-21-12-10-13-22-36)33-43(46)39-24-15-14-20-35(39)5/h10,12-18,20-27,29-30,33-34,42H,6-9,11,19,28,31-32H2,1-5H3/q+2. The van der Waals surface area contributed by atoms with Crippen molar-refractivity contribution >= 4 is 0 Å². The SMILES string of the molecule is CCCCCC(C)Cc1ccc[n+]2c1-c1ccccc1C(CC[n+]1ccc(-c3ccccc3)cc1-c1ccccc1C)C2(CC)CC. The van der Waals surface area contributed by atoms with Gasteiger partial charge in [0.25, 0.3) is 0 Å². The van der Waals surface area contributed by atoms with Crippen molar-refractivity contribution in [3.05, 3.63) is 132 Å². The van der Waals surface area contributed by atoms with Gasteiger partial charge in [-0.15, -0.1) is 0 Å². The highest BCUT2D eigenvalue weighted by atomic mass is 15.1. The third-order valence-corrected chi connectivity index (χ3v) is 11.1. The van der Waals surface area contributed by atoms with E-state index in [0.717, 1.165) is 32.2 Å². The Morgan fingerprint density at radius 2 is 1.45 bits per heavy atom. The Balaban J connectivity index is 1.40. The zero-order valence-corrected chi connectivity index (χ0v) is 29.4. The summed E-state index contributed by atoms with van der Waals surface area (Å²) in [5, 5.41) is 0. The van der Waals surface area contributed by atoms with Crippen LogP contribution in [0, 0.1) is 12.8 Å². The molecule has 47 heavy (non-hydrogen) atoms. The maximum absolute atomic E-state index is 2.72. The lowest BCUT2D eigenvalue weighted by Crippen LogP contribution is -2.63. The van der Waals surface area contributed by atoms with Gasteiger partial charge in [-0.05, 0) is 59.7 Å². The van der Waals surface area contributed by atoms with Crippen molar-refractivity contribution in [3.8, 4) is 33.6 Å². The first kappa shape index (κ1) is 32.9. The van der Waals surface area contributed by atoms with Crippen LogP contribution in [0.15, 0.2) is 116 Å². The van der Waals surface area contributed by atoms with Gasteiger partial charge in [-0.1, -0.05) is 120 Å². The Labute approximate surface area is 284 Å². The van der Waals surface area contributed by atoms with Crippen molar-refractivity contribution in [3.63, 3.8) is 0 Å². The van der Waals surface area contributed by atoms with Crippen LogP contribution >= 0.6 is 0 Å². The normalized spacial score (nSPS) is 15.6. The molecule has 1 aliphatic rings. The average Bonchev–Trinajstić information content (AvgIpc) is 3.11. The lowest BCUT2D eigenvalue weighted by molar-refractivity contribution is -0.765. The summed E-state index contributed by atoms with van der Waals surface area (Å²) in [6.45, 7) is 12.8. The molecule has 0 aliphatic carbocycles. The second kappa shape index (κ2) is 14.8. The molecule has 2 atom stereocenters. The van der Waals surface area contributed by atoms with Crippen molar-refractivity contribution in [2.45, 2.75) is 104 Å². The second-order valence-corrected chi connectivity index (χ2v) is 14.0. The molecule has 0 amide bonds. The summed E-state index contributed by atoms with van der Waals surface area (Å²) in [5.74, 6) is 1.10. The first-order valence-electron chi connectivity index (χ1n) is 18.3. The molecule has 5 aromatic rings. The molecule has 2 unspecified atom stereocenters. The fourth-order valence-corrected chi connectivity index (χ4v) is 8.49. The third-order valence-electron chi connectivity index (χ3n) is 11.1. The molecule has 0 fully saturated rings. The van der Waals surface area contributed by atoms with Crippen molar-refractivity contribution < 1.29 is 9.13 Å². The number of hydrogen-bond acceptors (Lipinski definition) is 0. The van der Waals surface area contributed by atoms with Crippen LogP contribution in [0.5, 0.6) is 0 Å². The molecule has 2 heteroatoms. The van der Waals surface area contributed by atoms with Crippen LogP contribution in [0.3, 0.4) is 0 Å². The average molecular weight is 623 g/mol. The first-order chi connectivity index (χ1) is 23.0. The number of hydrogen-bond donors (Lipinski definition) is 0. The van der Waals surface area contributed by atoms with E-state index in [-0.39, 0.29) is 5.54 Å². The number of pyridine rings is 2. The van der Waals surface area contributed by atoms with Crippen LogP contribution in [0.4, 0.5) is 0 Å². The van der Waals surface area contributed by atoms with Gasteiger partial charge in [-0.25, -0.2) is 0 Å². The Kier molecular flexibility index (Phi) is 10.4. The Morgan fingerprint density at radius 1 is 0.723 bits per heavy atom. The maximum atomic E-state index is 2.72. The van der Waals surface area contributed by atoms with E-state index >= 15 is 0 Å². The van der Waals surface area contributed by atoms with Gasteiger partial charge in [0.2, 0.25) is 11.4 Å². The minimum absolute atomic E-state index is 0.0263. The molecule has 1 aliphatic heterocycles. The summed E-state index contributed by atoms with van der Waals surface area (Å²) >= 11 is 0. The molecule has 242 valence electrons. The highest BCUT2D eigenvalue weighted by molar-refractivity contribution is 5.70. The Hall–Kier alpha value is -4.04. The molecule has 0 saturated carbocycles. The van der Waals surface area contributed by atoms with Crippen molar-refractivity contribution in [1.82, 2.24) is 0 Å². The van der Waals surface area contributed by atoms with Crippen LogP contribution in [0.2, 0.25) is 0 Å².